The molecular weight excluding hydrogens is 346 g/mol. The molecule has 2 saturated heterocycles. The minimum absolute atomic E-state index is 0.218. The van der Waals surface area contributed by atoms with Crippen molar-refractivity contribution in [2.24, 2.45) is 0 Å². The molecule has 0 spiro atoms. The van der Waals surface area contributed by atoms with Crippen LogP contribution in [0.4, 0.5) is 0 Å². The fourth-order valence-electron chi connectivity index (χ4n) is 3.06. The Morgan fingerprint density at radius 1 is 1.21 bits per heavy atom. The number of hydrogen-bond acceptors (Lipinski definition) is 5. The highest BCUT2D eigenvalue weighted by molar-refractivity contribution is 8.16. The van der Waals surface area contributed by atoms with Gasteiger partial charge >= 0.3 is 5.97 Å². The molecule has 0 saturated carbocycles. The number of rotatable bonds is 4. The van der Waals surface area contributed by atoms with Crippen LogP contribution in [0.3, 0.4) is 0 Å². The molecule has 5 nitrogen and oxygen atoms in total. The second-order valence-electron chi connectivity index (χ2n) is 5.95. The predicted molar refractivity (Wildman–Crippen MR) is 96.6 cm³/mol. The van der Waals surface area contributed by atoms with Gasteiger partial charge in [-0.25, -0.2) is 4.79 Å². The largest absolute Gasteiger partial charge is 0.480 e. The summed E-state index contributed by atoms with van der Waals surface area (Å²) < 4.78 is 5.67. The second kappa shape index (κ2) is 7.80. The summed E-state index contributed by atoms with van der Waals surface area (Å²) in [6.45, 7) is 0.322. The van der Waals surface area contributed by atoms with Crippen molar-refractivity contribution in [2.75, 3.05) is 25.2 Å². The second-order valence-corrected chi connectivity index (χ2v) is 8.68. The Morgan fingerprint density at radius 2 is 1.88 bits per heavy atom. The third kappa shape index (κ3) is 3.73. The topological polar surface area (TPSA) is 66.8 Å². The first kappa shape index (κ1) is 17.6. The molecule has 0 aliphatic carbocycles. The highest BCUT2D eigenvalue weighted by atomic mass is 32.2. The van der Waals surface area contributed by atoms with Crippen molar-refractivity contribution in [3.8, 4) is 0 Å². The molecule has 3 rings (SSSR count). The fourth-order valence-corrected chi connectivity index (χ4v) is 5.95. The maximum absolute atomic E-state index is 12.7. The average Bonchev–Trinajstić information content (AvgIpc) is 3.07. The Bertz CT molecular complexity index is 601. The van der Waals surface area contributed by atoms with Crippen LogP contribution in [-0.4, -0.2) is 59.2 Å². The Balaban J connectivity index is 1.73. The summed E-state index contributed by atoms with van der Waals surface area (Å²) in [5, 5.41) is 9.35. The maximum Gasteiger partial charge on any atom is 0.326 e. The highest BCUT2D eigenvalue weighted by Crippen LogP contribution is 2.43. The maximum atomic E-state index is 12.7. The minimum Gasteiger partial charge on any atom is -0.480 e. The standard InChI is InChI=1S/C17H21NO4S2/c1-22-13-9-14(16(20)21)18(10-13)15(19)11-3-5-12(6-4-11)17-23-7-2-8-24-17/h3-6,13-14,17H,2,7-10H2,1H3,(H,20,21). The van der Waals surface area contributed by atoms with Crippen molar-refractivity contribution >= 4 is 35.4 Å². The van der Waals surface area contributed by atoms with Crippen LogP contribution >= 0.6 is 23.5 Å². The summed E-state index contributed by atoms with van der Waals surface area (Å²) in [4.78, 5) is 25.5. The number of amides is 1. The van der Waals surface area contributed by atoms with Crippen LogP contribution < -0.4 is 0 Å². The lowest BCUT2D eigenvalue weighted by Crippen LogP contribution is -2.40. The van der Waals surface area contributed by atoms with Crippen molar-refractivity contribution in [1.29, 1.82) is 0 Å². The lowest BCUT2D eigenvalue weighted by atomic mass is 10.1. The van der Waals surface area contributed by atoms with E-state index < -0.39 is 12.0 Å². The Kier molecular flexibility index (Phi) is 5.73. The molecule has 1 aromatic rings. The molecule has 0 aromatic heterocycles. The Morgan fingerprint density at radius 3 is 2.46 bits per heavy atom. The van der Waals surface area contributed by atoms with Gasteiger partial charge in [0.15, 0.2) is 0 Å². The van der Waals surface area contributed by atoms with E-state index in [9.17, 15) is 14.7 Å². The highest BCUT2D eigenvalue weighted by Gasteiger charge is 2.40. The molecule has 24 heavy (non-hydrogen) atoms. The van der Waals surface area contributed by atoms with Crippen molar-refractivity contribution in [2.45, 2.75) is 29.6 Å². The molecule has 2 aliphatic rings. The van der Waals surface area contributed by atoms with Crippen LogP contribution in [0, 0.1) is 0 Å². The van der Waals surface area contributed by atoms with E-state index in [1.54, 1.807) is 7.11 Å². The van der Waals surface area contributed by atoms with Gasteiger partial charge in [0.05, 0.1) is 10.7 Å². The normalized spacial score (nSPS) is 25.0. The van der Waals surface area contributed by atoms with Crippen LogP contribution in [0.5, 0.6) is 0 Å². The van der Waals surface area contributed by atoms with Crippen molar-refractivity contribution < 1.29 is 19.4 Å². The minimum atomic E-state index is -0.977. The Labute approximate surface area is 150 Å². The molecule has 2 atom stereocenters. The molecule has 1 amide bonds. The Hall–Kier alpha value is -1.18. The van der Waals surface area contributed by atoms with E-state index >= 15 is 0 Å². The fraction of sp³-hybridized carbons (Fsp3) is 0.529. The third-order valence-electron chi connectivity index (χ3n) is 4.40. The zero-order chi connectivity index (χ0) is 17.1. The molecule has 2 heterocycles. The van der Waals surface area contributed by atoms with Gasteiger partial charge in [0.25, 0.3) is 5.91 Å². The van der Waals surface area contributed by atoms with Crippen molar-refractivity contribution in [1.82, 2.24) is 4.90 Å². The summed E-state index contributed by atoms with van der Waals surface area (Å²) in [5.74, 6) is 1.13. The molecule has 7 heteroatoms. The summed E-state index contributed by atoms with van der Waals surface area (Å²) in [7, 11) is 1.55. The van der Waals surface area contributed by atoms with Gasteiger partial charge in [0.1, 0.15) is 6.04 Å². The SMILES string of the molecule is COC1CC(C(=O)O)N(C(=O)c2ccc(C3SCCCS3)cc2)C1. The first-order valence-corrected chi connectivity index (χ1v) is 10.1. The molecule has 0 radical (unpaired) electrons. The van der Waals surface area contributed by atoms with Gasteiger partial charge in [-0.2, -0.15) is 0 Å². The van der Waals surface area contributed by atoms with E-state index in [2.05, 4.69) is 0 Å². The van der Waals surface area contributed by atoms with Gasteiger partial charge in [0.2, 0.25) is 0 Å². The number of likely N-dealkylation sites (tertiary alicyclic amines) is 1. The molecule has 1 aromatic carbocycles. The van der Waals surface area contributed by atoms with Crippen LogP contribution in [0.15, 0.2) is 24.3 Å². The number of nitrogens with zero attached hydrogens (tertiary/aromatic N) is 1. The number of methoxy groups -OCH3 is 1. The van der Waals surface area contributed by atoms with E-state index in [4.69, 9.17) is 4.74 Å². The summed E-state index contributed by atoms with van der Waals surface area (Å²) in [6, 6.07) is 6.79. The summed E-state index contributed by atoms with van der Waals surface area (Å²) >= 11 is 3.87. The van der Waals surface area contributed by atoms with Gasteiger partial charge in [-0.1, -0.05) is 12.1 Å². The molecular formula is C17H21NO4S2. The van der Waals surface area contributed by atoms with Crippen LogP contribution in [0.1, 0.15) is 33.3 Å². The van der Waals surface area contributed by atoms with Crippen LogP contribution in [-0.2, 0) is 9.53 Å². The zero-order valence-corrected chi connectivity index (χ0v) is 15.1. The lowest BCUT2D eigenvalue weighted by molar-refractivity contribution is -0.141. The number of carbonyl (C=O) groups excluding carboxylic acids is 1. The van der Waals surface area contributed by atoms with Crippen molar-refractivity contribution in [3.63, 3.8) is 0 Å². The zero-order valence-electron chi connectivity index (χ0n) is 13.5. The van der Waals surface area contributed by atoms with Gasteiger partial charge < -0.3 is 14.7 Å². The molecule has 0 bridgehead atoms. The number of benzene rings is 1. The van der Waals surface area contributed by atoms with Crippen LogP contribution in [0.25, 0.3) is 0 Å². The quantitative estimate of drug-likeness (QED) is 0.883. The molecule has 2 fully saturated rings. The molecule has 2 unspecified atom stereocenters. The monoisotopic (exact) mass is 367 g/mol. The average molecular weight is 367 g/mol. The van der Waals surface area contributed by atoms with E-state index in [1.807, 2.05) is 47.8 Å². The number of ether oxygens (including phenoxy) is 1. The third-order valence-corrected chi connectivity index (χ3v) is 7.41. The summed E-state index contributed by atoms with van der Waals surface area (Å²) in [5.41, 5.74) is 1.75. The van der Waals surface area contributed by atoms with Gasteiger partial charge in [-0.15, -0.1) is 23.5 Å². The van der Waals surface area contributed by atoms with Gasteiger partial charge in [-0.3, -0.25) is 4.79 Å². The first-order chi connectivity index (χ1) is 11.6. The van der Waals surface area contributed by atoms with E-state index in [1.165, 1.54) is 28.4 Å². The number of carboxylic acids is 1. The van der Waals surface area contributed by atoms with Crippen molar-refractivity contribution in [3.05, 3.63) is 35.4 Å². The predicted octanol–water partition coefficient (Wildman–Crippen LogP) is 2.87. The molecule has 1 N–H and O–H groups in total. The van der Waals surface area contributed by atoms with E-state index in [-0.39, 0.29) is 12.0 Å². The summed E-state index contributed by atoms with van der Waals surface area (Å²) in [6.07, 6.45) is 1.36. The smallest absolute Gasteiger partial charge is 0.326 e. The molecule has 2 aliphatic heterocycles. The van der Waals surface area contributed by atoms with Gasteiger partial charge in [0, 0.05) is 25.6 Å². The van der Waals surface area contributed by atoms with Gasteiger partial charge in [-0.05, 0) is 35.6 Å². The number of hydrogen-bond donors (Lipinski definition) is 1. The lowest BCUT2D eigenvalue weighted by Gasteiger charge is -2.23. The first-order valence-electron chi connectivity index (χ1n) is 8.00. The van der Waals surface area contributed by atoms with Crippen LogP contribution in [0.2, 0.25) is 0 Å². The number of thioether (sulfide) groups is 2. The molecule has 130 valence electrons. The number of aliphatic carboxylic acids is 1. The van der Waals surface area contributed by atoms with E-state index in [0.29, 0.717) is 23.1 Å². The van der Waals surface area contributed by atoms with E-state index in [0.717, 1.165) is 0 Å². The number of carbonyl (C=O) groups is 2. The number of carboxylic acid groups (broad SMARTS) is 1.